The topological polar surface area (TPSA) is 68.5 Å². The van der Waals surface area contributed by atoms with Crippen molar-refractivity contribution < 1.29 is 28.4 Å². The largest absolute Gasteiger partial charge is 0.491 e. The molecular formula is C28H38N2O6. The molecule has 8 heteroatoms. The van der Waals surface area contributed by atoms with Gasteiger partial charge in [0.25, 0.3) is 0 Å². The number of ether oxygens (including phenoxy) is 6. The fourth-order valence-corrected chi connectivity index (χ4v) is 4.24. The second-order valence-electron chi connectivity index (χ2n) is 9.46. The molecule has 5 rings (SSSR count). The lowest BCUT2D eigenvalue weighted by Gasteiger charge is -2.38. The van der Waals surface area contributed by atoms with E-state index in [1.165, 1.54) is 0 Å². The summed E-state index contributed by atoms with van der Waals surface area (Å²) >= 11 is 0. The normalized spacial score (nSPS) is 20.7. The Bertz CT molecular complexity index is 907. The van der Waals surface area contributed by atoms with Gasteiger partial charge in [-0.15, -0.1) is 0 Å². The lowest BCUT2D eigenvalue weighted by molar-refractivity contribution is 0.260. The quantitative estimate of drug-likeness (QED) is 0.360. The molecule has 2 unspecified atom stereocenters. The van der Waals surface area contributed by atoms with Crippen molar-refractivity contribution in [1.82, 2.24) is 0 Å². The van der Waals surface area contributed by atoms with Crippen LogP contribution >= 0.6 is 0 Å². The molecule has 36 heavy (non-hydrogen) atoms. The summed E-state index contributed by atoms with van der Waals surface area (Å²) in [5, 5.41) is 0. The van der Waals surface area contributed by atoms with Gasteiger partial charge in [0.05, 0.1) is 37.8 Å². The van der Waals surface area contributed by atoms with Crippen molar-refractivity contribution in [3.8, 4) is 23.0 Å². The molecule has 2 atom stereocenters. The summed E-state index contributed by atoms with van der Waals surface area (Å²) in [6, 6.07) is 12.3. The molecule has 0 aliphatic carbocycles. The molecule has 3 saturated heterocycles. The maximum atomic E-state index is 6.13. The highest BCUT2D eigenvalue weighted by Crippen LogP contribution is 2.37. The number of rotatable bonds is 14. The number of benzene rings is 2. The summed E-state index contributed by atoms with van der Waals surface area (Å²) in [6.45, 7) is 11.9. The monoisotopic (exact) mass is 498 g/mol. The summed E-state index contributed by atoms with van der Waals surface area (Å²) in [6.07, 6.45) is 2.39. The van der Waals surface area contributed by atoms with E-state index in [0.29, 0.717) is 26.4 Å². The number of hydrogen-bond acceptors (Lipinski definition) is 8. The first-order valence-corrected chi connectivity index (χ1v) is 13.3. The Hall–Kier alpha value is -2.84. The predicted molar refractivity (Wildman–Crippen MR) is 139 cm³/mol. The van der Waals surface area contributed by atoms with E-state index in [4.69, 9.17) is 28.4 Å². The van der Waals surface area contributed by atoms with Crippen molar-refractivity contribution >= 4 is 11.4 Å². The SMILES string of the molecule is CCCOc1cc(OCC2CO2)ccc1N1CCN(c2ccc(OCC3CO3)cc2OCCC)CC1. The van der Waals surface area contributed by atoms with E-state index in [1.807, 2.05) is 24.3 Å². The summed E-state index contributed by atoms with van der Waals surface area (Å²) < 4.78 is 34.6. The van der Waals surface area contributed by atoms with Crippen LogP contribution in [0.3, 0.4) is 0 Å². The molecule has 0 bridgehead atoms. The first kappa shape index (κ1) is 24.8. The van der Waals surface area contributed by atoms with Crippen LogP contribution in [0.4, 0.5) is 11.4 Å². The van der Waals surface area contributed by atoms with E-state index < -0.39 is 0 Å². The van der Waals surface area contributed by atoms with Crippen molar-refractivity contribution in [3.05, 3.63) is 36.4 Å². The van der Waals surface area contributed by atoms with Gasteiger partial charge in [-0.1, -0.05) is 13.8 Å². The fraction of sp³-hybridized carbons (Fsp3) is 0.571. The highest BCUT2D eigenvalue weighted by molar-refractivity contribution is 5.65. The molecular weight excluding hydrogens is 460 g/mol. The van der Waals surface area contributed by atoms with Crippen LogP contribution in [0.15, 0.2) is 36.4 Å². The maximum Gasteiger partial charge on any atom is 0.146 e. The Kier molecular flexibility index (Phi) is 8.23. The van der Waals surface area contributed by atoms with Gasteiger partial charge in [0.15, 0.2) is 0 Å². The van der Waals surface area contributed by atoms with Crippen LogP contribution in [0.1, 0.15) is 26.7 Å². The van der Waals surface area contributed by atoms with Crippen molar-refractivity contribution in [2.45, 2.75) is 38.9 Å². The number of hydrogen-bond donors (Lipinski definition) is 0. The molecule has 3 heterocycles. The lowest BCUT2D eigenvalue weighted by atomic mass is 10.2. The summed E-state index contributed by atoms with van der Waals surface area (Å²) in [4.78, 5) is 4.80. The van der Waals surface area contributed by atoms with E-state index in [9.17, 15) is 0 Å². The maximum absolute atomic E-state index is 6.13. The van der Waals surface area contributed by atoms with Crippen molar-refractivity contribution in [1.29, 1.82) is 0 Å². The van der Waals surface area contributed by atoms with Gasteiger partial charge in [-0.2, -0.15) is 0 Å². The van der Waals surface area contributed by atoms with Gasteiger partial charge in [0.1, 0.15) is 48.4 Å². The Balaban J connectivity index is 1.24. The molecule has 3 fully saturated rings. The fourth-order valence-electron chi connectivity index (χ4n) is 4.24. The molecule has 0 amide bonds. The molecule has 2 aromatic rings. The molecule has 0 spiro atoms. The van der Waals surface area contributed by atoms with Gasteiger partial charge in [-0.25, -0.2) is 0 Å². The molecule has 0 saturated carbocycles. The van der Waals surface area contributed by atoms with E-state index in [0.717, 1.165) is 86.6 Å². The highest BCUT2D eigenvalue weighted by atomic mass is 16.6. The number of nitrogens with zero attached hydrogens (tertiary/aromatic N) is 2. The van der Waals surface area contributed by atoms with Crippen molar-refractivity contribution in [2.75, 3.05) is 75.6 Å². The van der Waals surface area contributed by atoms with Gasteiger partial charge in [0, 0.05) is 38.3 Å². The second kappa shape index (κ2) is 11.9. The van der Waals surface area contributed by atoms with Crippen molar-refractivity contribution in [2.24, 2.45) is 0 Å². The van der Waals surface area contributed by atoms with Crippen LogP contribution in [0, 0.1) is 0 Å². The van der Waals surface area contributed by atoms with Crippen LogP contribution in [-0.2, 0) is 9.47 Å². The summed E-state index contributed by atoms with van der Waals surface area (Å²) in [7, 11) is 0. The van der Waals surface area contributed by atoms with E-state index in [2.05, 4.69) is 35.8 Å². The average Bonchev–Trinajstić information content (AvgIpc) is 3.84. The predicted octanol–water partition coefficient (Wildman–Crippen LogP) is 4.15. The van der Waals surface area contributed by atoms with Gasteiger partial charge < -0.3 is 38.2 Å². The third kappa shape index (κ3) is 6.68. The average molecular weight is 499 g/mol. The minimum Gasteiger partial charge on any atom is -0.491 e. The molecule has 196 valence electrons. The minimum absolute atomic E-state index is 0.233. The van der Waals surface area contributed by atoms with Gasteiger partial charge in [0.2, 0.25) is 0 Å². The number of epoxide rings is 2. The third-order valence-corrected chi connectivity index (χ3v) is 6.42. The Morgan fingerprint density at radius 3 is 1.44 bits per heavy atom. The molecule has 0 radical (unpaired) electrons. The summed E-state index contributed by atoms with van der Waals surface area (Å²) in [5.74, 6) is 3.42. The molecule has 2 aromatic carbocycles. The second-order valence-corrected chi connectivity index (χ2v) is 9.46. The molecule has 3 aliphatic heterocycles. The number of anilines is 2. The molecule has 0 N–H and O–H groups in total. The number of piperazine rings is 1. The van der Waals surface area contributed by atoms with E-state index >= 15 is 0 Å². The zero-order valence-electron chi connectivity index (χ0n) is 21.4. The first-order valence-electron chi connectivity index (χ1n) is 13.3. The van der Waals surface area contributed by atoms with Crippen molar-refractivity contribution in [3.63, 3.8) is 0 Å². The molecule has 8 nitrogen and oxygen atoms in total. The van der Waals surface area contributed by atoms with Gasteiger partial charge >= 0.3 is 0 Å². The molecule has 0 aromatic heterocycles. The Morgan fingerprint density at radius 2 is 1.08 bits per heavy atom. The minimum atomic E-state index is 0.233. The first-order chi connectivity index (χ1) is 17.7. The van der Waals surface area contributed by atoms with E-state index in [-0.39, 0.29) is 12.2 Å². The lowest BCUT2D eigenvalue weighted by Crippen LogP contribution is -2.46. The smallest absolute Gasteiger partial charge is 0.146 e. The standard InChI is InChI=1S/C28H38N2O6/c1-3-13-31-27-15-21(33-17-23-19-35-23)5-7-25(27)29-9-11-30(12-10-29)26-8-6-22(34-18-24-20-36-24)16-28(26)32-14-4-2/h5-8,15-16,23-24H,3-4,9-14,17-20H2,1-2H3. The highest BCUT2D eigenvalue weighted by Gasteiger charge is 2.26. The van der Waals surface area contributed by atoms with Crippen LogP contribution in [0.2, 0.25) is 0 Å². The van der Waals surface area contributed by atoms with E-state index in [1.54, 1.807) is 0 Å². The Labute approximate surface area is 214 Å². The summed E-state index contributed by atoms with van der Waals surface area (Å²) in [5.41, 5.74) is 2.23. The molecule has 3 aliphatic rings. The van der Waals surface area contributed by atoms with Gasteiger partial charge in [-0.3, -0.25) is 0 Å². The Morgan fingerprint density at radius 1 is 0.667 bits per heavy atom. The third-order valence-electron chi connectivity index (χ3n) is 6.42. The zero-order valence-corrected chi connectivity index (χ0v) is 21.4. The van der Waals surface area contributed by atoms with Crippen LogP contribution in [-0.4, -0.2) is 78.0 Å². The van der Waals surface area contributed by atoms with Crippen LogP contribution in [0.5, 0.6) is 23.0 Å². The van der Waals surface area contributed by atoms with Crippen LogP contribution in [0.25, 0.3) is 0 Å². The van der Waals surface area contributed by atoms with Gasteiger partial charge in [-0.05, 0) is 37.1 Å². The zero-order chi connectivity index (χ0) is 24.7. The van der Waals surface area contributed by atoms with Crippen LogP contribution < -0.4 is 28.7 Å².